The summed E-state index contributed by atoms with van der Waals surface area (Å²) in [5.74, 6) is -0.562. The molecule has 0 fully saturated rings. The zero-order chi connectivity index (χ0) is 18.0. The predicted molar refractivity (Wildman–Crippen MR) is 92.5 cm³/mol. The number of carbonyl (C=O) groups is 2. The number of carbonyl (C=O) groups excluding carboxylic acids is 2. The minimum Gasteiger partial charge on any atom is -0.345 e. The number of fused-ring (bicyclic) bond motifs is 1. The minimum absolute atomic E-state index is 0.160. The number of benzene rings is 1. The number of nitrogens with one attached hydrogen (secondary N) is 1. The molecule has 2 aromatic heterocycles. The second-order valence-electron chi connectivity index (χ2n) is 5.70. The lowest BCUT2D eigenvalue weighted by atomic mass is 10.2. The molecule has 0 bridgehead atoms. The fourth-order valence-electron chi connectivity index (χ4n) is 2.40. The fourth-order valence-corrected chi connectivity index (χ4v) is 2.40. The van der Waals surface area contributed by atoms with Gasteiger partial charge in [-0.15, -0.1) is 5.10 Å². The van der Waals surface area contributed by atoms with Crippen LogP contribution in [0.5, 0.6) is 0 Å². The van der Waals surface area contributed by atoms with E-state index in [9.17, 15) is 14.4 Å². The molecule has 8 heteroatoms. The number of amides is 2. The van der Waals surface area contributed by atoms with Crippen LogP contribution in [0.2, 0.25) is 0 Å². The molecular weight excluding hydrogens is 322 g/mol. The maximum absolute atomic E-state index is 12.2. The first-order valence-corrected chi connectivity index (χ1v) is 7.61. The van der Waals surface area contributed by atoms with Gasteiger partial charge in [0.15, 0.2) is 5.65 Å². The van der Waals surface area contributed by atoms with Crippen LogP contribution in [0, 0.1) is 0 Å². The monoisotopic (exact) mass is 339 g/mol. The van der Waals surface area contributed by atoms with E-state index in [1.54, 1.807) is 62.8 Å². The number of aromatic nitrogens is 3. The molecule has 128 valence electrons. The molecular formula is C17H17N5O3. The van der Waals surface area contributed by atoms with Crippen LogP contribution in [-0.4, -0.2) is 45.0 Å². The third kappa shape index (κ3) is 3.42. The maximum atomic E-state index is 12.2. The topological polar surface area (TPSA) is 88.7 Å². The Balaban J connectivity index is 1.76. The van der Waals surface area contributed by atoms with Crippen molar-refractivity contribution in [2.75, 3.05) is 19.4 Å². The normalized spacial score (nSPS) is 10.6. The largest absolute Gasteiger partial charge is 0.350 e. The second-order valence-corrected chi connectivity index (χ2v) is 5.70. The van der Waals surface area contributed by atoms with Gasteiger partial charge in [0.1, 0.15) is 6.54 Å². The maximum Gasteiger partial charge on any atom is 0.350 e. The van der Waals surface area contributed by atoms with Gasteiger partial charge >= 0.3 is 5.69 Å². The van der Waals surface area contributed by atoms with Gasteiger partial charge in [-0.25, -0.2) is 9.48 Å². The van der Waals surface area contributed by atoms with Crippen LogP contribution in [0.4, 0.5) is 5.69 Å². The summed E-state index contributed by atoms with van der Waals surface area (Å²) >= 11 is 0. The molecule has 3 rings (SSSR count). The molecule has 1 aromatic carbocycles. The highest BCUT2D eigenvalue weighted by atomic mass is 16.2. The van der Waals surface area contributed by atoms with E-state index in [0.29, 0.717) is 16.9 Å². The van der Waals surface area contributed by atoms with E-state index in [1.165, 1.54) is 9.30 Å². The summed E-state index contributed by atoms with van der Waals surface area (Å²) < 4.78 is 2.46. The average molecular weight is 339 g/mol. The first kappa shape index (κ1) is 16.4. The lowest BCUT2D eigenvalue weighted by molar-refractivity contribution is -0.117. The molecule has 0 radical (unpaired) electrons. The molecule has 2 amide bonds. The van der Waals surface area contributed by atoms with Gasteiger partial charge in [-0.05, 0) is 30.3 Å². The summed E-state index contributed by atoms with van der Waals surface area (Å²) in [7, 11) is 3.31. The van der Waals surface area contributed by atoms with Crippen LogP contribution in [0.3, 0.4) is 0 Å². The lowest BCUT2D eigenvalue weighted by Crippen LogP contribution is -2.28. The van der Waals surface area contributed by atoms with E-state index in [1.807, 2.05) is 0 Å². The van der Waals surface area contributed by atoms with Gasteiger partial charge in [0.05, 0.1) is 0 Å². The van der Waals surface area contributed by atoms with Crippen LogP contribution in [0.1, 0.15) is 10.4 Å². The van der Waals surface area contributed by atoms with Crippen LogP contribution in [0.25, 0.3) is 5.65 Å². The molecule has 0 aliphatic carbocycles. The molecule has 0 spiro atoms. The molecule has 0 saturated carbocycles. The summed E-state index contributed by atoms with van der Waals surface area (Å²) in [6.45, 7) is -0.216. The van der Waals surface area contributed by atoms with Crippen LogP contribution in [0.15, 0.2) is 53.5 Å². The number of rotatable bonds is 4. The molecule has 25 heavy (non-hydrogen) atoms. The zero-order valence-corrected chi connectivity index (χ0v) is 13.8. The highest BCUT2D eigenvalue weighted by Crippen LogP contribution is 2.12. The van der Waals surface area contributed by atoms with Gasteiger partial charge in [0.25, 0.3) is 5.91 Å². The van der Waals surface area contributed by atoms with Crippen molar-refractivity contribution in [1.82, 2.24) is 19.1 Å². The number of anilines is 1. The van der Waals surface area contributed by atoms with Crippen molar-refractivity contribution < 1.29 is 9.59 Å². The van der Waals surface area contributed by atoms with Gasteiger partial charge in [-0.1, -0.05) is 12.1 Å². The highest BCUT2D eigenvalue weighted by Gasteiger charge is 2.12. The Labute approximate surface area is 143 Å². The molecule has 0 aliphatic rings. The molecule has 0 atom stereocenters. The van der Waals surface area contributed by atoms with Crippen molar-refractivity contribution in [2.45, 2.75) is 6.54 Å². The Kier molecular flexibility index (Phi) is 4.34. The molecule has 3 aromatic rings. The van der Waals surface area contributed by atoms with Crippen molar-refractivity contribution in [3.8, 4) is 0 Å². The quantitative estimate of drug-likeness (QED) is 0.763. The van der Waals surface area contributed by atoms with Crippen molar-refractivity contribution in [3.63, 3.8) is 0 Å². The smallest absolute Gasteiger partial charge is 0.345 e. The molecule has 2 heterocycles. The SMILES string of the molecule is CN(C)C(=O)c1cccc(NC(=O)Cn2nc3ccccn3c2=O)c1. The molecule has 0 aliphatic heterocycles. The average Bonchev–Trinajstić information content (AvgIpc) is 2.90. The summed E-state index contributed by atoms with van der Waals surface area (Å²) in [4.78, 5) is 37.8. The summed E-state index contributed by atoms with van der Waals surface area (Å²) in [6.07, 6.45) is 1.59. The Morgan fingerprint density at radius 2 is 1.96 bits per heavy atom. The first-order valence-electron chi connectivity index (χ1n) is 7.61. The van der Waals surface area contributed by atoms with Gasteiger partial charge in [-0.2, -0.15) is 0 Å². The second kappa shape index (κ2) is 6.60. The van der Waals surface area contributed by atoms with E-state index in [2.05, 4.69) is 10.4 Å². The minimum atomic E-state index is -0.403. The first-order chi connectivity index (χ1) is 12.0. The standard InChI is InChI=1S/C17H17N5O3/c1-20(2)16(24)12-6-5-7-13(10-12)18-15(23)11-22-17(25)21-9-4-3-8-14(21)19-22/h3-10H,11H2,1-2H3,(H,18,23). The van der Waals surface area contributed by atoms with E-state index in [-0.39, 0.29) is 18.1 Å². The third-order valence-corrected chi connectivity index (χ3v) is 3.58. The Hall–Kier alpha value is -3.42. The van der Waals surface area contributed by atoms with Crippen LogP contribution < -0.4 is 11.0 Å². The Morgan fingerprint density at radius 1 is 1.16 bits per heavy atom. The van der Waals surface area contributed by atoms with E-state index < -0.39 is 5.91 Å². The van der Waals surface area contributed by atoms with Crippen molar-refractivity contribution in [2.24, 2.45) is 0 Å². The molecule has 0 saturated heterocycles. The highest BCUT2D eigenvalue weighted by molar-refractivity contribution is 5.96. The lowest BCUT2D eigenvalue weighted by Gasteiger charge is -2.11. The van der Waals surface area contributed by atoms with Gasteiger partial charge < -0.3 is 10.2 Å². The summed E-state index contributed by atoms with van der Waals surface area (Å²) in [5, 5.41) is 6.79. The van der Waals surface area contributed by atoms with Crippen molar-refractivity contribution in [3.05, 3.63) is 64.7 Å². The summed E-state index contributed by atoms with van der Waals surface area (Å²) in [5.41, 5.74) is 1.03. The molecule has 8 nitrogen and oxygen atoms in total. The van der Waals surface area contributed by atoms with Crippen molar-refractivity contribution >= 4 is 23.1 Å². The van der Waals surface area contributed by atoms with Gasteiger partial charge in [-0.3, -0.25) is 14.0 Å². The third-order valence-electron chi connectivity index (χ3n) is 3.58. The summed E-state index contributed by atoms with van der Waals surface area (Å²) in [6, 6.07) is 11.8. The van der Waals surface area contributed by atoms with Gasteiger partial charge in [0.2, 0.25) is 5.91 Å². The number of pyridine rings is 1. The number of hydrogen-bond donors (Lipinski definition) is 1. The van der Waals surface area contributed by atoms with Crippen molar-refractivity contribution in [1.29, 1.82) is 0 Å². The van der Waals surface area contributed by atoms with E-state index in [4.69, 9.17) is 0 Å². The van der Waals surface area contributed by atoms with E-state index in [0.717, 1.165) is 4.68 Å². The fraction of sp³-hybridized carbons (Fsp3) is 0.176. The number of nitrogens with zero attached hydrogens (tertiary/aromatic N) is 4. The Bertz CT molecular complexity index is 1000. The predicted octanol–water partition coefficient (Wildman–Crippen LogP) is 0.837. The van der Waals surface area contributed by atoms with Gasteiger partial charge in [0, 0.05) is 31.5 Å². The molecule has 1 N–H and O–H groups in total. The van der Waals surface area contributed by atoms with E-state index >= 15 is 0 Å². The van der Waals surface area contributed by atoms with Crippen LogP contribution in [-0.2, 0) is 11.3 Å². The Morgan fingerprint density at radius 3 is 2.68 bits per heavy atom. The number of hydrogen-bond acceptors (Lipinski definition) is 4. The molecule has 0 unspecified atom stereocenters. The van der Waals surface area contributed by atoms with Crippen LogP contribution >= 0.6 is 0 Å². The zero-order valence-electron chi connectivity index (χ0n) is 13.8.